The largest absolute Gasteiger partial charge is 0.384 e. The zero-order valence-electron chi connectivity index (χ0n) is 8.93. The van der Waals surface area contributed by atoms with E-state index in [2.05, 4.69) is 0 Å². The highest BCUT2D eigenvalue weighted by molar-refractivity contribution is 7.89. The van der Waals surface area contributed by atoms with Crippen molar-refractivity contribution < 1.29 is 13.5 Å². The predicted octanol–water partition coefficient (Wildman–Crippen LogP) is -0.305. The van der Waals surface area contributed by atoms with Gasteiger partial charge >= 0.3 is 0 Å². The average molecular weight is 222 g/mol. The number of hydrogen-bond acceptors (Lipinski definition) is 4. The Hall–Kier alpha value is -0.590. The monoisotopic (exact) mass is 222 g/mol. The SMILES string of the molecule is CN(C)C=CC(C)(C)C(O)S(N)(=O)=O. The van der Waals surface area contributed by atoms with Crippen LogP contribution < -0.4 is 5.14 Å². The lowest BCUT2D eigenvalue weighted by atomic mass is 9.94. The minimum Gasteiger partial charge on any atom is -0.384 e. The molecular weight excluding hydrogens is 204 g/mol. The number of rotatable bonds is 4. The Morgan fingerprint density at radius 3 is 2.14 bits per heavy atom. The van der Waals surface area contributed by atoms with Crippen LogP contribution in [0, 0.1) is 5.41 Å². The summed E-state index contributed by atoms with van der Waals surface area (Å²) < 4.78 is 21.8. The van der Waals surface area contributed by atoms with E-state index in [0.29, 0.717) is 0 Å². The van der Waals surface area contributed by atoms with Gasteiger partial charge < -0.3 is 10.0 Å². The van der Waals surface area contributed by atoms with Crippen molar-refractivity contribution in [3.05, 3.63) is 12.3 Å². The van der Waals surface area contributed by atoms with Gasteiger partial charge in [0.1, 0.15) is 0 Å². The quantitative estimate of drug-likeness (QED) is 0.683. The van der Waals surface area contributed by atoms with Crippen molar-refractivity contribution in [1.82, 2.24) is 4.90 Å². The fraction of sp³-hybridized carbons (Fsp3) is 0.750. The van der Waals surface area contributed by atoms with E-state index in [0.717, 1.165) is 0 Å². The molecule has 0 aliphatic carbocycles. The summed E-state index contributed by atoms with van der Waals surface area (Å²) in [6.07, 6.45) is 3.27. The highest BCUT2D eigenvalue weighted by Gasteiger charge is 2.33. The number of aliphatic hydroxyl groups is 1. The predicted molar refractivity (Wildman–Crippen MR) is 55.7 cm³/mol. The molecule has 6 heteroatoms. The van der Waals surface area contributed by atoms with Crippen molar-refractivity contribution in [2.24, 2.45) is 10.6 Å². The van der Waals surface area contributed by atoms with E-state index in [1.165, 1.54) is 0 Å². The number of sulfonamides is 1. The van der Waals surface area contributed by atoms with E-state index >= 15 is 0 Å². The first kappa shape index (κ1) is 13.4. The third-order valence-electron chi connectivity index (χ3n) is 1.75. The summed E-state index contributed by atoms with van der Waals surface area (Å²) in [6, 6.07) is 0. The molecule has 14 heavy (non-hydrogen) atoms. The van der Waals surface area contributed by atoms with Crippen LogP contribution in [0.5, 0.6) is 0 Å². The molecule has 0 heterocycles. The van der Waals surface area contributed by atoms with E-state index in [-0.39, 0.29) is 0 Å². The first-order valence-electron chi connectivity index (χ1n) is 4.13. The summed E-state index contributed by atoms with van der Waals surface area (Å²) >= 11 is 0. The van der Waals surface area contributed by atoms with Crippen LogP contribution >= 0.6 is 0 Å². The summed E-state index contributed by atoms with van der Waals surface area (Å²) in [4.78, 5) is 1.75. The van der Waals surface area contributed by atoms with Gasteiger partial charge in [-0.05, 0) is 6.20 Å². The van der Waals surface area contributed by atoms with E-state index < -0.39 is 20.9 Å². The molecule has 0 bridgehead atoms. The highest BCUT2D eigenvalue weighted by atomic mass is 32.2. The van der Waals surface area contributed by atoms with Gasteiger partial charge in [0.2, 0.25) is 10.0 Å². The van der Waals surface area contributed by atoms with Gasteiger partial charge in [-0.3, -0.25) is 0 Å². The number of hydrogen-bond donors (Lipinski definition) is 2. The number of primary sulfonamides is 1. The van der Waals surface area contributed by atoms with Gasteiger partial charge in [0.25, 0.3) is 0 Å². The molecule has 5 nitrogen and oxygen atoms in total. The van der Waals surface area contributed by atoms with Crippen molar-refractivity contribution >= 4 is 10.0 Å². The van der Waals surface area contributed by atoms with Gasteiger partial charge in [0, 0.05) is 19.5 Å². The van der Waals surface area contributed by atoms with Crippen LogP contribution in [0.15, 0.2) is 12.3 Å². The summed E-state index contributed by atoms with van der Waals surface area (Å²) in [5.74, 6) is 0. The van der Waals surface area contributed by atoms with Crippen LogP contribution in [0.3, 0.4) is 0 Å². The number of aliphatic hydroxyl groups excluding tert-OH is 1. The van der Waals surface area contributed by atoms with Gasteiger partial charge in [-0.25, -0.2) is 13.6 Å². The van der Waals surface area contributed by atoms with Gasteiger partial charge in [-0.15, -0.1) is 0 Å². The molecular formula is C8H18N2O3S. The zero-order valence-corrected chi connectivity index (χ0v) is 9.75. The van der Waals surface area contributed by atoms with Crippen LogP contribution in [0.25, 0.3) is 0 Å². The summed E-state index contributed by atoms with van der Waals surface area (Å²) in [6.45, 7) is 3.20. The van der Waals surface area contributed by atoms with Crippen molar-refractivity contribution in [1.29, 1.82) is 0 Å². The summed E-state index contributed by atoms with van der Waals surface area (Å²) in [5.41, 5.74) is -2.50. The molecule has 0 aromatic carbocycles. The third kappa shape index (κ3) is 4.08. The molecule has 0 fully saturated rings. The molecule has 0 rings (SSSR count). The topological polar surface area (TPSA) is 83.6 Å². The second-order valence-electron chi connectivity index (χ2n) is 4.04. The van der Waals surface area contributed by atoms with E-state index in [1.807, 2.05) is 0 Å². The molecule has 1 unspecified atom stereocenters. The Morgan fingerprint density at radius 2 is 1.86 bits per heavy atom. The van der Waals surface area contributed by atoms with E-state index in [4.69, 9.17) is 5.14 Å². The Kier molecular flexibility index (Phi) is 4.11. The first-order chi connectivity index (χ1) is 6.07. The summed E-state index contributed by atoms with van der Waals surface area (Å²) in [5, 5.41) is 14.3. The highest BCUT2D eigenvalue weighted by Crippen LogP contribution is 2.24. The lowest BCUT2D eigenvalue weighted by Gasteiger charge is -2.25. The van der Waals surface area contributed by atoms with Gasteiger partial charge in [-0.2, -0.15) is 0 Å². The number of nitrogens with two attached hydrogens (primary N) is 1. The van der Waals surface area contributed by atoms with Gasteiger partial charge in [-0.1, -0.05) is 19.9 Å². The maximum atomic E-state index is 10.9. The van der Waals surface area contributed by atoms with Crippen LogP contribution in [0.4, 0.5) is 0 Å². The average Bonchev–Trinajstić information content (AvgIpc) is 1.98. The molecule has 0 aromatic heterocycles. The second-order valence-corrected chi connectivity index (χ2v) is 5.67. The lowest BCUT2D eigenvalue weighted by molar-refractivity contribution is 0.152. The molecule has 0 aromatic rings. The lowest BCUT2D eigenvalue weighted by Crippen LogP contribution is -2.39. The Balaban J connectivity index is 4.80. The maximum Gasteiger partial charge on any atom is 0.236 e. The van der Waals surface area contributed by atoms with E-state index in [9.17, 15) is 13.5 Å². The van der Waals surface area contributed by atoms with Crippen LogP contribution in [-0.2, 0) is 10.0 Å². The molecule has 84 valence electrons. The normalized spacial score (nSPS) is 15.9. The molecule has 0 saturated carbocycles. The Morgan fingerprint density at radius 1 is 1.43 bits per heavy atom. The molecule has 1 atom stereocenters. The van der Waals surface area contributed by atoms with Crippen LogP contribution in [-0.4, -0.2) is 38.0 Å². The molecule has 0 radical (unpaired) electrons. The Bertz CT molecular complexity index is 307. The van der Waals surface area contributed by atoms with Crippen molar-refractivity contribution in [3.8, 4) is 0 Å². The van der Waals surface area contributed by atoms with Crippen molar-refractivity contribution in [3.63, 3.8) is 0 Å². The minimum absolute atomic E-state index is 0.905. The van der Waals surface area contributed by atoms with Gasteiger partial charge in [0.05, 0.1) is 0 Å². The zero-order chi connectivity index (χ0) is 11.6. The Labute approximate surface area is 85.3 Å². The maximum absolute atomic E-state index is 10.9. The van der Waals surface area contributed by atoms with Crippen LogP contribution in [0.2, 0.25) is 0 Å². The first-order valence-corrected chi connectivity index (χ1v) is 5.74. The third-order valence-corrected chi connectivity index (χ3v) is 2.98. The van der Waals surface area contributed by atoms with Crippen molar-refractivity contribution in [2.45, 2.75) is 19.3 Å². The summed E-state index contributed by atoms with van der Waals surface area (Å²) in [7, 11) is -0.320. The molecule has 0 aliphatic rings. The molecule has 0 aliphatic heterocycles. The molecule has 0 saturated heterocycles. The van der Waals surface area contributed by atoms with Gasteiger partial charge in [0.15, 0.2) is 5.44 Å². The van der Waals surface area contributed by atoms with E-state index in [1.54, 1.807) is 45.1 Å². The molecule has 0 amide bonds. The fourth-order valence-corrected chi connectivity index (χ4v) is 1.77. The second kappa shape index (κ2) is 4.29. The number of nitrogens with zero attached hydrogens (tertiary/aromatic N) is 1. The smallest absolute Gasteiger partial charge is 0.236 e. The standard InChI is InChI=1S/C8H18N2O3S/c1-8(2,5-6-10(3)4)7(11)14(9,12)13/h5-7,11H,1-4H3,(H2,9,12,13). The van der Waals surface area contributed by atoms with Crippen molar-refractivity contribution in [2.75, 3.05) is 14.1 Å². The fourth-order valence-electron chi connectivity index (χ4n) is 0.847. The molecule has 0 spiro atoms. The van der Waals surface area contributed by atoms with Crippen LogP contribution in [0.1, 0.15) is 13.8 Å². The minimum atomic E-state index is -3.92. The molecule has 3 N–H and O–H groups in total.